The molecule has 0 unspecified atom stereocenters. The summed E-state index contributed by atoms with van der Waals surface area (Å²) in [6.45, 7) is 4.98. The zero-order valence-corrected chi connectivity index (χ0v) is 18.5. The molecule has 0 bridgehead atoms. The summed E-state index contributed by atoms with van der Waals surface area (Å²) in [5.41, 5.74) is 4.58. The fourth-order valence-electron chi connectivity index (χ4n) is 3.14. The molecule has 0 aliphatic carbocycles. The zero-order valence-electron chi connectivity index (χ0n) is 16.1. The number of amides is 1. The van der Waals surface area contributed by atoms with Gasteiger partial charge >= 0.3 is 0 Å². The Balaban J connectivity index is 1.50. The Morgan fingerprint density at radius 2 is 2.13 bits per heavy atom. The van der Waals surface area contributed by atoms with Crippen LogP contribution in [0.15, 0.2) is 64.4 Å². The Bertz CT molecular complexity index is 1190. The predicted molar refractivity (Wildman–Crippen MR) is 126 cm³/mol. The van der Waals surface area contributed by atoms with E-state index in [1.54, 1.807) is 22.0 Å². The van der Waals surface area contributed by atoms with Gasteiger partial charge in [0.05, 0.1) is 22.8 Å². The number of rotatable bonds is 8. The number of nitrogens with one attached hydrogen (secondary N) is 2. The average Bonchev–Trinajstić information content (AvgIpc) is 3.41. The first-order valence-electron chi connectivity index (χ1n) is 9.43. The van der Waals surface area contributed by atoms with Crippen molar-refractivity contribution in [1.82, 2.24) is 19.9 Å². The smallest absolute Gasteiger partial charge is 0.224 e. The minimum atomic E-state index is 0.0116. The second-order valence-electron chi connectivity index (χ2n) is 6.63. The number of carbonyl (C=O) groups excluding carboxylic acids is 1. The van der Waals surface area contributed by atoms with E-state index in [0.29, 0.717) is 19.5 Å². The van der Waals surface area contributed by atoms with Crippen molar-refractivity contribution in [2.24, 2.45) is 0 Å². The van der Waals surface area contributed by atoms with Crippen LogP contribution in [0.4, 0.5) is 5.82 Å². The maximum absolute atomic E-state index is 12.1. The van der Waals surface area contributed by atoms with Crippen LogP contribution in [-0.4, -0.2) is 33.6 Å². The van der Waals surface area contributed by atoms with Crippen LogP contribution >= 0.6 is 27.3 Å². The third-order valence-corrected chi connectivity index (χ3v) is 5.87. The Morgan fingerprint density at radius 3 is 2.93 bits per heavy atom. The fraction of sp³-hybridized carbons (Fsp3) is 0.136. The number of anilines is 1. The third-order valence-electron chi connectivity index (χ3n) is 4.58. The fourth-order valence-corrected chi connectivity index (χ4v) is 4.16. The molecule has 2 N–H and O–H groups in total. The van der Waals surface area contributed by atoms with Crippen LogP contribution in [-0.2, 0) is 11.2 Å². The molecule has 3 heterocycles. The van der Waals surface area contributed by atoms with Gasteiger partial charge in [-0.15, -0.1) is 0 Å². The summed E-state index contributed by atoms with van der Waals surface area (Å²) in [7, 11) is 0. The number of nitrogens with zero attached hydrogens (tertiary/aromatic N) is 3. The van der Waals surface area contributed by atoms with Crippen molar-refractivity contribution in [2.75, 3.05) is 18.4 Å². The Hall–Kier alpha value is -2.97. The number of hydrogen-bond acceptors (Lipinski definition) is 5. The summed E-state index contributed by atoms with van der Waals surface area (Å²) in [6.07, 6.45) is 3.94. The number of hydrogen-bond donors (Lipinski definition) is 2. The summed E-state index contributed by atoms with van der Waals surface area (Å²) in [5, 5.41) is 14.7. The van der Waals surface area contributed by atoms with Crippen molar-refractivity contribution >= 4 is 50.7 Å². The van der Waals surface area contributed by atoms with Crippen LogP contribution in [0.5, 0.6) is 0 Å². The zero-order chi connectivity index (χ0) is 20.9. The molecule has 0 aliphatic heterocycles. The van der Waals surface area contributed by atoms with Gasteiger partial charge < -0.3 is 10.6 Å². The predicted octanol–water partition coefficient (Wildman–Crippen LogP) is 4.63. The molecular weight excluding hydrogens is 462 g/mol. The van der Waals surface area contributed by atoms with Crippen LogP contribution < -0.4 is 10.6 Å². The molecular formula is C22H20BrN5OS. The monoisotopic (exact) mass is 481 g/mol. The minimum Gasteiger partial charge on any atom is -0.368 e. The average molecular weight is 482 g/mol. The molecule has 3 aromatic heterocycles. The van der Waals surface area contributed by atoms with Crippen molar-refractivity contribution < 1.29 is 4.79 Å². The third kappa shape index (κ3) is 4.44. The van der Waals surface area contributed by atoms with Gasteiger partial charge in [0, 0.05) is 24.7 Å². The van der Waals surface area contributed by atoms with E-state index in [0.717, 1.165) is 38.3 Å². The van der Waals surface area contributed by atoms with E-state index in [-0.39, 0.29) is 5.91 Å². The number of thiophene rings is 1. The summed E-state index contributed by atoms with van der Waals surface area (Å²) < 4.78 is 2.56. The molecule has 6 nitrogen and oxygen atoms in total. The van der Waals surface area contributed by atoms with Gasteiger partial charge in [0.2, 0.25) is 5.91 Å². The first-order chi connectivity index (χ1) is 14.7. The van der Waals surface area contributed by atoms with E-state index < -0.39 is 0 Å². The molecule has 4 rings (SSSR count). The summed E-state index contributed by atoms with van der Waals surface area (Å²) >= 11 is 5.12. The van der Waals surface area contributed by atoms with Crippen LogP contribution in [0.25, 0.3) is 23.0 Å². The van der Waals surface area contributed by atoms with Crippen molar-refractivity contribution in [3.05, 3.63) is 75.5 Å². The molecule has 0 saturated heterocycles. The van der Waals surface area contributed by atoms with Gasteiger partial charge in [-0.3, -0.25) is 4.79 Å². The molecule has 1 amide bonds. The van der Waals surface area contributed by atoms with Gasteiger partial charge in [-0.1, -0.05) is 36.9 Å². The number of fused-ring (bicyclic) bond motifs is 1. The van der Waals surface area contributed by atoms with E-state index in [1.165, 1.54) is 0 Å². The largest absolute Gasteiger partial charge is 0.368 e. The molecule has 0 fully saturated rings. The quantitative estimate of drug-likeness (QED) is 0.359. The van der Waals surface area contributed by atoms with Gasteiger partial charge in [-0.25, -0.2) is 4.98 Å². The highest BCUT2D eigenvalue weighted by atomic mass is 79.9. The molecule has 152 valence electrons. The minimum absolute atomic E-state index is 0.0116. The second-order valence-corrected chi connectivity index (χ2v) is 8.27. The van der Waals surface area contributed by atoms with Gasteiger partial charge in [-0.05, 0) is 43.9 Å². The molecule has 0 spiro atoms. The van der Waals surface area contributed by atoms with Crippen molar-refractivity contribution in [3.63, 3.8) is 0 Å². The van der Waals surface area contributed by atoms with E-state index in [4.69, 9.17) is 4.98 Å². The number of halogens is 1. The molecule has 30 heavy (non-hydrogen) atoms. The lowest BCUT2D eigenvalue weighted by Crippen LogP contribution is -2.30. The topological polar surface area (TPSA) is 71.3 Å². The van der Waals surface area contributed by atoms with Crippen molar-refractivity contribution in [3.8, 4) is 11.3 Å². The highest BCUT2D eigenvalue weighted by molar-refractivity contribution is 9.10. The highest BCUT2D eigenvalue weighted by Crippen LogP contribution is 2.28. The molecule has 8 heteroatoms. The lowest BCUT2D eigenvalue weighted by Gasteiger charge is -2.12. The van der Waals surface area contributed by atoms with Gasteiger partial charge in [0.25, 0.3) is 0 Å². The number of aromatic nitrogens is 3. The Morgan fingerprint density at radius 1 is 1.27 bits per heavy atom. The van der Waals surface area contributed by atoms with E-state index in [1.807, 2.05) is 53.2 Å². The lowest BCUT2D eigenvalue weighted by molar-refractivity contribution is -0.120. The van der Waals surface area contributed by atoms with Gasteiger partial charge in [0.15, 0.2) is 5.65 Å². The molecule has 4 aromatic rings. The van der Waals surface area contributed by atoms with E-state index in [2.05, 4.69) is 38.2 Å². The van der Waals surface area contributed by atoms with Crippen molar-refractivity contribution in [2.45, 2.75) is 6.42 Å². The SMILES string of the molecule is C=Cc1ccccc1-c1cc(NCCNC(=O)Cc2ccsc2)n2ncc(Br)c2n1. The molecule has 0 aliphatic rings. The van der Waals surface area contributed by atoms with Gasteiger partial charge in [-0.2, -0.15) is 21.0 Å². The maximum Gasteiger partial charge on any atom is 0.224 e. The van der Waals surface area contributed by atoms with E-state index >= 15 is 0 Å². The summed E-state index contributed by atoms with van der Waals surface area (Å²) in [5.74, 6) is 0.809. The van der Waals surface area contributed by atoms with Gasteiger partial charge in [0.1, 0.15) is 5.82 Å². The molecule has 0 atom stereocenters. The summed E-state index contributed by atoms with van der Waals surface area (Å²) in [6, 6.07) is 11.9. The molecule has 0 radical (unpaired) electrons. The lowest BCUT2D eigenvalue weighted by atomic mass is 10.0. The van der Waals surface area contributed by atoms with Crippen LogP contribution in [0.1, 0.15) is 11.1 Å². The number of carbonyl (C=O) groups is 1. The Kier molecular flexibility index (Phi) is 6.25. The van der Waals surface area contributed by atoms with Crippen molar-refractivity contribution in [1.29, 1.82) is 0 Å². The highest BCUT2D eigenvalue weighted by Gasteiger charge is 2.13. The normalized spacial score (nSPS) is 10.8. The second kappa shape index (κ2) is 9.23. The summed E-state index contributed by atoms with van der Waals surface area (Å²) in [4.78, 5) is 16.8. The first kappa shape index (κ1) is 20.3. The molecule has 0 saturated carbocycles. The number of benzene rings is 1. The Labute approximate surface area is 186 Å². The van der Waals surface area contributed by atoms with Crippen LogP contribution in [0.2, 0.25) is 0 Å². The molecule has 1 aromatic carbocycles. The maximum atomic E-state index is 12.1. The van der Waals surface area contributed by atoms with Crippen LogP contribution in [0, 0.1) is 0 Å². The van der Waals surface area contributed by atoms with Crippen LogP contribution in [0.3, 0.4) is 0 Å². The van der Waals surface area contributed by atoms with E-state index in [9.17, 15) is 4.79 Å². The first-order valence-corrected chi connectivity index (χ1v) is 11.2. The standard InChI is InChI=1S/C22H20BrN5OS/c1-2-16-5-3-4-6-17(16)19-12-20(28-22(27-19)18(23)13-26-28)24-8-9-25-21(29)11-15-7-10-30-14-15/h2-7,10,12-14,24H,1,8-9,11H2,(H,25,29).